The van der Waals surface area contributed by atoms with Crippen LogP contribution in [0.5, 0.6) is 11.5 Å². The number of aryl methyl sites for hydroxylation is 1. The second-order valence-electron chi connectivity index (χ2n) is 4.38. The molecule has 0 aliphatic heterocycles. The molecule has 0 aliphatic carbocycles. The van der Waals surface area contributed by atoms with E-state index in [-0.39, 0.29) is 0 Å². The van der Waals surface area contributed by atoms with Crippen molar-refractivity contribution in [3.63, 3.8) is 0 Å². The van der Waals surface area contributed by atoms with Gasteiger partial charge in [-0.3, -0.25) is 4.90 Å². The third kappa shape index (κ3) is 3.89. The Morgan fingerprint density at radius 2 is 1.72 bits per heavy atom. The van der Waals surface area contributed by atoms with E-state index >= 15 is 0 Å². The summed E-state index contributed by atoms with van der Waals surface area (Å²) in [5, 5.41) is 0. The number of hydrogen-bond donors (Lipinski definition) is 0. The first-order valence-electron chi connectivity index (χ1n) is 6.01. The van der Waals surface area contributed by atoms with Crippen molar-refractivity contribution in [1.82, 2.24) is 4.90 Å². The molecule has 0 saturated heterocycles. The van der Waals surface area contributed by atoms with Crippen LogP contribution >= 0.6 is 0 Å². The Hall–Kier alpha value is -1.26. The number of rotatable bonds is 7. The Kier molecular flexibility index (Phi) is 5.95. The lowest BCUT2D eigenvalue weighted by molar-refractivity contribution is 0.0826. The molecular weight excluding hydrogens is 230 g/mol. The zero-order valence-electron chi connectivity index (χ0n) is 11.9. The van der Waals surface area contributed by atoms with Crippen molar-refractivity contribution < 1.29 is 14.2 Å². The van der Waals surface area contributed by atoms with Crippen LogP contribution in [0.25, 0.3) is 0 Å². The summed E-state index contributed by atoms with van der Waals surface area (Å²) in [5.41, 5.74) is 2.24. The molecule has 1 aromatic rings. The van der Waals surface area contributed by atoms with Gasteiger partial charge >= 0.3 is 0 Å². The number of methoxy groups -OCH3 is 3. The zero-order chi connectivity index (χ0) is 13.5. The Labute approximate surface area is 109 Å². The first-order valence-corrected chi connectivity index (χ1v) is 6.01. The van der Waals surface area contributed by atoms with E-state index < -0.39 is 0 Å². The van der Waals surface area contributed by atoms with Crippen molar-refractivity contribution >= 4 is 0 Å². The minimum Gasteiger partial charge on any atom is -0.496 e. The smallest absolute Gasteiger partial charge is 0.122 e. The highest BCUT2D eigenvalue weighted by Gasteiger charge is 2.09. The lowest BCUT2D eigenvalue weighted by atomic mass is 10.1. The maximum Gasteiger partial charge on any atom is 0.122 e. The van der Waals surface area contributed by atoms with Crippen LogP contribution in [0.15, 0.2) is 12.1 Å². The average molecular weight is 253 g/mol. The normalized spacial score (nSPS) is 10.8. The van der Waals surface area contributed by atoms with Crippen LogP contribution in [0.4, 0.5) is 0 Å². The second kappa shape index (κ2) is 7.24. The lowest BCUT2D eigenvalue weighted by Crippen LogP contribution is -2.23. The van der Waals surface area contributed by atoms with Gasteiger partial charge in [-0.2, -0.15) is 0 Å². The van der Waals surface area contributed by atoms with Crippen LogP contribution in [-0.2, 0) is 11.2 Å². The van der Waals surface area contributed by atoms with Gasteiger partial charge in [-0.25, -0.2) is 0 Å². The Morgan fingerprint density at radius 1 is 1.06 bits per heavy atom. The summed E-state index contributed by atoms with van der Waals surface area (Å²) in [7, 11) is 7.12. The van der Waals surface area contributed by atoms with Gasteiger partial charge in [-0.15, -0.1) is 0 Å². The maximum atomic E-state index is 5.41. The molecule has 0 fully saturated rings. The van der Waals surface area contributed by atoms with Crippen molar-refractivity contribution in [3.8, 4) is 11.5 Å². The van der Waals surface area contributed by atoms with E-state index in [9.17, 15) is 0 Å². The fourth-order valence-electron chi connectivity index (χ4n) is 1.91. The quantitative estimate of drug-likeness (QED) is 0.696. The van der Waals surface area contributed by atoms with E-state index in [1.165, 1.54) is 0 Å². The van der Waals surface area contributed by atoms with Crippen LogP contribution in [-0.4, -0.2) is 46.6 Å². The van der Waals surface area contributed by atoms with Crippen LogP contribution in [0.3, 0.4) is 0 Å². The molecular formula is C14H23NO3. The number of likely N-dealkylation sites (N-methyl/N-ethyl adjacent to an activating group) is 1. The molecule has 0 aliphatic rings. The lowest BCUT2D eigenvalue weighted by Gasteiger charge is -2.17. The maximum absolute atomic E-state index is 5.41. The number of hydrogen-bond acceptors (Lipinski definition) is 4. The summed E-state index contributed by atoms with van der Waals surface area (Å²) in [6, 6.07) is 4.07. The molecule has 0 N–H and O–H groups in total. The van der Waals surface area contributed by atoms with Gasteiger partial charge in [-0.05, 0) is 43.7 Å². The first-order chi connectivity index (χ1) is 8.62. The van der Waals surface area contributed by atoms with Crippen LogP contribution in [0.1, 0.15) is 11.1 Å². The van der Waals surface area contributed by atoms with Gasteiger partial charge in [0.15, 0.2) is 0 Å². The standard InChI is InChI=1S/C14H23NO3/c1-11-8-14(18-5)12(9-13(11)17-4)6-7-15(2)10-16-3/h8-9H,6-7,10H2,1-5H3. The first kappa shape index (κ1) is 14.8. The van der Waals surface area contributed by atoms with Crippen LogP contribution in [0, 0.1) is 6.92 Å². The highest BCUT2D eigenvalue weighted by molar-refractivity contribution is 5.46. The fraction of sp³-hybridized carbons (Fsp3) is 0.571. The molecule has 0 heterocycles. The fourth-order valence-corrected chi connectivity index (χ4v) is 1.91. The Bertz CT molecular complexity index is 380. The summed E-state index contributed by atoms with van der Waals surface area (Å²) >= 11 is 0. The third-order valence-electron chi connectivity index (χ3n) is 2.91. The van der Waals surface area contributed by atoms with E-state index in [0.29, 0.717) is 6.73 Å². The van der Waals surface area contributed by atoms with E-state index in [1.807, 2.05) is 20.0 Å². The Balaban J connectivity index is 2.79. The van der Waals surface area contributed by atoms with Crippen molar-refractivity contribution in [2.45, 2.75) is 13.3 Å². The minimum atomic E-state index is 0.630. The van der Waals surface area contributed by atoms with Gasteiger partial charge in [0.05, 0.1) is 21.0 Å². The van der Waals surface area contributed by atoms with Gasteiger partial charge in [0.2, 0.25) is 0 Å². The van der Waals surface area contributed by atoms with Gasteiger partial charge in [0.1, 0.15) is 11.5 Å². The summed E-state index contributed by atoms with van der Waals surface area (Å²) in [6.07, 6.45) is 0.902. The minimum absolute atomic E-state index is 0.630. The van der Waals surface area contributed by atoms with E-state index in [4.69, 9.17) is 14.2 Å². The van der Waals surface area contributed by atoms with Gasteiger partial charge < -0.3 is 14.2 Å². The molecule has 1 rings (SSSR count). The summed E-state index contributed by atoms with van der Waals surface area (Å²) in [4.78, 5) is 2.12. The van der Waals surface area contributed by atoms with Crippen molar-refractivity contribution in [2.75, 3.05) is 41.7 Å². The molecule has 0 radical (unpaired) electrons. The molecule has 0 atom stereocenters. The predicted molar refractivity (Wildman–Crippen MR) is 72.5 cm³/mol. The SMILES string of the molecule is COCN(C)CCc1cc(OC)c(C)cc1OC. The number of ether oxygens (including phenoxy) is 3. The van der Waals surface area contributed by atoms with Crippen LogP contribution in [0.2, 0.25) is 0 Å². The number of benzene rings is 1. The molecule has 0 aromatic heterocycles. The zero-order valence-corrected chi connectivity index (χ0v) is 11.9. The van der Waals surface area contributed by atoms with E-state index in [0.717, 1.165) is 35.6 Å². The Morgan fingerprint density at radius 3 is 2.28 bits per heavy atom. The van der Waals surface area contributed by atoms with E-state index in [1.54, 1.807) is 21.3 Å². The molecule has 1 aromatic carbocycles. The van der Waals surface area contributed by atoms with Gasteiger partial charge in [0.25, 0.3) is 0 Å². The number of nitrogens with zero attached hydrogens (tertiary/aromatic N) is 1. The molecule has 0 amide bonds. The second-order valence-corrected chi connectivity index (χ2v) is 4.38. The van der Waals surface area contributed by atoms with Crippen LogP contribution < -0.4 is 9.47 Å². The third-order valence-corrected chi connectivity index (χ3v) is 2.91. The molecule has 102 valence electrons. The van der Waals surface area contributed by atoms with Crippen molar-refractivity contribution in [1.29, 1.82) is 0 Å². The molecule has 0 bridgehead atoms. The highest BCUT2D eigenvalue weighted by Crippen LogP contribution is 2.28. The topological polar surface area (TPSA) is 30.9 Å². The van der Waals surface area contributed by atoms with E-state index in [2.05, 4.69) is 11.0 Å². The highest BCUT2D eigenvalue weighted by atomic mass is 16.5. The van der Waals surface area contributed by atoms with Crippen molar-refractivity contribution in [2.24, 2.45) is 0 Å². The molecule has 0 saturated carbocycles. The molecule has 0 spiro atoms. The predicted octanol–water partition coefficient (Wildman–Crippen LogP) is 2.09. The summed E-state index contributed by atoms with van der Waals surface area (Å²) in [5.74, 6) is 1.82. The largest absolute Gasteiger partial charge is 0.496 e. The van der Waals surface area contributed by atoms with Gasteiger partial charge in [0, 0.05) is 13.7 Å². The van der Waals surface area contributed by atoms with Crippen molar-refractivity contribution in [3.05, 3.63) is 23.3 Å². The summed E-state index contributed by atoms with van der Waals surface area (Å²) in [6.45, 7) is 3.56. The molecule has 4 heteroatoms. The monoisotopic (exact) mass is 253 g/mol. The molecule has 0 unspecified atom stereocenters. The summed E-state index contributed by atoms with van der Waals surface area (Å²) < 4.78 is 15.8. The average Bonchev–Trinajstić information content (AvgIpc) is 2.37. The molecule has 4 nitrogen and oxygen atoms in total. The molecule has 18 heavy (non-hydrogen) atoms. The van der Waals surface area contributed by atoms with Gasteiger partial charge in [-0.1, -0.05) is 0 Å².